The summed E-state index contributed by atoms with van der Waals surface area (Å²) in [6.45, 7) is 16.1. The van der Waals surface area contributed by atoms with E-state index in [9.17, 15) is 89.8 Å². The zero-order valence-electron chi connectivity index (χ0n) is 71.1. The Morgan fingerprint density at radius 1 is 0.373 bits per heavy atom. The SMILES string of the molecule is CCCCN(CCO)C(=O)c1ccc(-c2cc(C(F)(F)F)n(C)n2)s1.CCCCN(Cc1ccccc1)C(=O)c1ccc(-c2cc(C(F)(F)F)n(C)n2)s1.CCCN(CCC)C(=O)c1ccc(-c2cc(C(F)(F)F)n(C)n2)s1.CCOCCCNC(=O)c1ccc(-c2cc(C(F)(F)F)n(C)n2)s1.CN(C)CCCNC(=O)c1ccc(-c2cc(C(F)(F)F)n(C)n2)s1. The maximum Gasteiger partial charge on any atom is 0.433 e. The Morgan fingerprint density at radius 3 is 0.952 bits per heavy atom. The zero-order chi connectivity index (χ0) is 93.2. The summed E-state index contributed by atoms with van der Waals surface area (Å²) in [7, 11) is 10.2. The molecule has 0 fully saturated rings. The molecule has 23 nitrogen and oxygen atoms in total. The minimum absolute atomic E-state index is 0.0816. The first-order valence-electron chi connectivity index (χ1n) is 39.7. The summed E-state index contributed by atoms with van der Waals surface area (Å²) in [5, 5.41) is 34.2. The second kappa shape index (κ2) is 47.1. The fourth-order valence-electron chi connectivity index (χ4n) is 12.0. The molecule has 11 rings (SSSR count). The monoisotopic (exact) mass is 1880 g/mol. The number of aliphatic hydroxyl groups excluding tert-OH is 1. The molecular formula is C83H99F15N16O7S5. The molecule has 0 saturated heterocycles. The highest BCUT2D eigenvalue weighted by Crippen LogP contribution is 2.41. The number of hydrogen-bond acceptors (Lipinski definition) is 18. The standard InChI is InChI=1S/C21H22F3N3OS.C16H20F3N3O2S.C16H20F3N3OS.C15H19F3N4OS.C15H18F3N3O2S/c1-3-4-12-27(14-15-8-6-5-7-9-15)20(28)18-11-10-17(29-18)16-13-19(21(22,23)24)26(2)25-16;1-3-4-7-22(8-9-23)15(24)13-6-5-12(25-13)11-10-14(16(17,18)19)21(2)20-11;1-4-8-22(9-5-2)15(23)13-7-6-12(24-13)11-10-14(16(17,18)19)21(3)20-11;1-21(2)8-4-7-19-14(23)12-6-5-11(24-12)10-9-13(15(16,17)18)22(3)20-10;1-3-23-8-4-7-19-14(22)12-6-5-11(24-12)10-9-13(15(16,17)18)21(2)20-10/h5-11,13H,3-4,12,14H2,1-2H3;5-6,10,23H,3-4,7-9H2,1-2H3;6-7,10H,4-5,8-9H2,1-3H3;5-6,9H,4,7-8H2,1-3H3,(H,19,23);5-6,9H,3-4,7-8H2,1-2H3,(H,19,22). The van der Waals surface area contributed by atoms with E-state index in [1.165, 1.54) is 46.6 Å². The first-order valence-corrected chi connectivity index (χ1v) is 43.8. The van der Waals surface area contributed by atoms with Gasteiger partial charge in [0.15, 0.2) is 0 Å². The average Bonchev–Trinajstić information content (AvgIpc) is 1.68. The topological polar surface area (TPSA) is 241 Å². The molecule has 0 unspecified atom stereocenters. The number of aryl methyl sites for hydroxylation is 5. The fraction of sp³-hybridized carbons (Fsp3) is 0.446. The molecule has 3 N–H and O–H groups in total. The number of carbonyl (C=O) groups is 5. The molecule has 0 spiro atoms. The molecule has 11 aromatic rings. The molecule has 0 atom stereocenters. The molecule has 0 aliphatic rings. The molecule has 43 heteroatoms. The third kappa shape index (κ3) is 30.0. The van der Waals surface area contributed by atoms with Crippen LogP contribution >= 0.6 is 56.7 Å². The van der Waals surface area contributed by atoms with Crippen LogP contribution in [0.1, 0.15) is 168 Å². The van der Waals surface area contributed by atoms with E-state index in [0.29, 0.717) is 114 Å². The number of halogens is 15. The fourth-order valence-corrected chi connectivity index (χ4v) is 16.6. The van der Waals surface area contributed by atoms with Crippen molar-refractivity contribution in [2.45, 2.75) is 123 Å². The lowest BCUT2D eigenvalue weighted by atomic mass is 10.2. The van der Waals surface area contributed by atoms with E-state index in [1.807, 2.05) is 77.0 Å². The van der Waals surface area contributed by atoms with Crippen molar-refractivity contribution in [3.63, 3.8) is 0 Å². The summed E-state index contributed by atoms with van der Waals surface area (Å²) in [5.41, 5.74) is -2.04. The molecule has 1 aromatic carbocycles. The highest BCUT2D eigenvalue weighted by Gasteiger charge is 2.40. The van der Waals surface area contributed by atoms with Gasteiger partial charge in [-0.1, -0.05) is 70.9 Å². The summed E-state index contributed by atoms with van der Waals surface area (Å²) in [4.78, 5) is 74.3. The Bertz CT molecular complexity index is 5270. The number of aliphatic hydroxyl groups is 1. The van der Waals surface area contributed by atoms with Crippen LogP contribution in [0.4, 0.5) is 65.9 Å². The van der Waals surface area contributed by atoms with Gasteiger partial charge in [-0.05, 0) is 163 Å². The summed E-state index contributed by atoms with van der Waals surface area (Å²) < 4.78 is 202. The molecule has 0 bridgehead atoms. The van der Waals surface area contributed by atoms with Gasteiger partial charge in [-0.3, -0.25) is 47.4 Å². The summed E-state index contributed by atoms with van der Waals surface area (Å²) >= 11 is 5.67. The largest absolute Gasteiger partial charge is 0.433 e. The lowest BCUT2D eigenvalue weighted by Crippen LogP contribution is -2.33. The van der Waals surface area contributed by atoms with Crippen molar-refractivity contribution in [1.29, 1.82) is 0 Å². The Hall–Kier alpha value is -10.1. The molecule has 126 heavy (non-hydrogen) atoms. The minimum Gasteiger partial charge on any atom is -0.395 e. The highest BCUT2D eigenvalue weighted by molar-refractivity contribution is 7.18. The summed E-state index contributed by atoms with van der Waals surface area (Å²) in [6.07, 6.45) is -15.5. The van der Waals surface area contributed by atoms with Gasteiger partial charge in [0.25, 0.3) is 29.5 Å². The van der Waals surface area contributed by atoms with Crippen LogP contribution in [-0.4, -0.2) is 189 Å². The van der Waals surface area contributed by atoms with E-state index < -0.39 is 59.4 Å². The molecule has 0 saturated carbocycles. The minimum atomic E-state index is -4.48. The number of amides is 5. The predicted octanol–water partition coefficient (Wildman–Crippen LogP) is 19.6. The number of nitrogens with zero attached hydrogens (tertiary/aromatic N) is 14. The number of carbonyl (C=O) groups excluding carboxylic acids is 5. The van der Waals surface area contributed by atoms with Crippen LogP contribution in [0.25, 0.3) is 52.9 Å². The van der Waals surface area contributed by atoms with Crippen molar-refractivity contribution in [3.05, 3.63) is 180 Å². The van der Waals surface area contributed by atoms with Gasteiger partial charge in [0.05, 0.1) is 55.4 Å². The number of hydrogen-bond donors (Lipinski definition) is 3. The van der Waals surface area contributed by atoms with Crippen LogP contribution in [0, 0.1) is 0 Å². The number of thiophene rings is 5. The highest BCUT2D eigenvalue weighted by atomic mass is 32.1. The Morgan fingerprint density at radius 2 is 0.667 bits per heavy atom. The number of ether oxygens (including phenoxy) is 1. The van der Waals surface area contributed by atoms with Crippen molar-refractivity contribution in [2.75, 3.05) is 86.3 Å². The Labute approximate surface area is 738 Å². The van der Waals surface area contributed by atoms with Gasteiger partial charge < -0.3 is 40.1 Å². The average molecular weight is 1880 g/mol. The molecule has 5 amide bonds. The zero-order valence-corrected chi connectivity index (χ0v) is 75.1. The van der Waals surface area contributed by atoms with E-state index in [-0.39, 0.29) is 71.2 Å². The predicted molar refractivity (Wildman–Crippen MR) is 457 cm³/mol. The van der Waals surface area contributed by atoms with E-state index in [1.54, 1.807) is 75.4 Å². The maximum atomic E-state index is 13.1. The van der Waals surface area contributed by atoms with Gasteiger partial charge in [0.2, 0.25) is 0 Å². The molecule has 10 aromatic heterocycles. The van der Waals surface area contributed by atoms with Crippen molar-refractivity contribution in [2.24, 2.45) is 35.2 Å². The Kier molecular flexibility index (Phi) is 38.5. The maximum absolute atomic E-state index is 13.1. The second-order valence-electron chi connectivity index (χ2n) is 28.4. The number of benzene rings is 1. The van der Waals surface area contributed by atoms with Crippen LogP contribution in [-0.2, 0) is 77.4 Å². The van der Waals surface area contributed by atoms with Crippen LogP contribution < -0.4 is 10.6 Å². The van der Waals surface area contributed by atoms with Crippen LogP contribution in [0.2, 0.25) is 0 Å². The van der Waals surface area contributed by atoms with Gasteiger partial charge in [-0.15, -0.1) is 56.7 Å². The number of aromatic nitrogens is 10. The smallest absolute Gasteiger partial charge is 0.395 e. The Balaban J connectivity index is 0.000000217. The lowest BCUT2D eigenvalue weighted by molar-refractivity contribution is -0.144. The van der Waals surface area contributed by atoms with E-state index in [4.69, 9.17) is 9.84 Å². The van der Waals surface area contributed by atoms with Crippen molar-refractivity contribution < 1.29 is 99.7 Å². The molecule has 688 valence electrons. The van der Waals surface area contributed by atoms with Crippen molar-refractivity contribution >= 4 is 86.2 Å². The number of nitrogens with one attached hydrogen (secondary N) is 2. The normalized spacial score (nSPS) is 11.8. The van der Waals surface area contributed by atoms with Crippen LogP contribution in [0.5, 0.6) is 0 Å². The lowest BCUT2D eigenvalue weighted by Gasteiger charge is -2.22. The summed E-state index contributed by atoms with van der Waals surface area (Å²) in [5.74, 6) is -0.912. The van der Waals surface area contributed by atoms with Gasteiger partial charge >= 0.3 is 30.9 Å². The molecule has 0 aliphatic heterocycles. The van der Waals surface area contributed by atoms with E-state index >= 15 is 0 Å². The second-order valence-corrected chi connectivity index (χ2v) is 33.9. The van der Waals surface area contributed by atoms with Gasteiger partial charge in [-0.25, -0.2) is 0 Å². The third-order valence-electron chi connectivity index (χ3n) is 18.2. The molecule has 0 aliphatic carbocycles. The third-order valence-corrected chi connectivity index (χ3v) is 23.7. The number of unbranched alkanes of at least 4 members (excludes halogenated alkanes) is 2. The van der Waals surface area contributed by atoms with E-state index in [0.717, 1.165) is 156 Å². The number of rotatable bonds is 33. The van der Waals surface area contributed by atoms with Gasteiger partial charge in [-0.2, -0.15) is 91.3 Å². The quantitative estimate of drug-likeness (QED) is 0.0256. The number of alkyl halides is 15. The molecule has 10 heterocycles. The first-order chi connectivity index (χ1) is 59.3. The van der Waals surface area contributed by atoms with Crippen molar-refractivity contribution in [1.82, 2.24) is 79.1 Å². The van der Waals surface area contributed by atoms with Crippen LogP contribution in [0.15, 0.2) is 121 Å². The molecule has 0 radical (unpaired) electrons. The van der Waals surface area contributed by atoms with Gasteiger partial charge in [0, 0.05) is 101 Å². The van der Waals surface area contributed by atoms with Crippen molar-refractivity contribution in [3.8, 4) is 52.9 Å². The summed E-state index contributed by atoms with van der Waals surface area (Å²) in [6, 6.07) is 30.9. The van der Waals surface area contributed by atoms with E-state index in [2.05, 4.69) is 43.1 Å². The molecular weight excluding hydrogens is 1780 g/mol. The first kappa shape index (κ1) is 103. The van der Waals surface area contributed by atoms with Gasteiger partial charge in [0.1, 0.15) is 56.9 Å². The van der Waals surface area contributed by atoms with Crippen LogP contribution in [0.3, 0.4) is 0 Å².